The van der Waals surface area contributed by atoms with Gasteiger partial charge in [-0.25, -0.2) is 0 Å². The van der Waals surface area contributed by atoms with Gasteiger partial charge >= 0.3 is 6.18 Å². The Morgan fingerprint density at radius 3 is 2.11 bits per heavy atom. The number of alkyl halides is 3. The van der Waals surface area contributed by atoms with Crippen molar-refractivity contribution >= 4 is 17.5 Å². The smallest absolute Gasteiger partial charge is 0.346 e. The Morgan fingerprint density at radius 1 is 0.886 bits per heavy atom. The zero-order valence-corrected chi connectivity index (χ0v) is 20.5. The fourth-order valence-electron chi connectivity index (χ4n) is 4.40. The van der Waals surface area contributed by atoms with Gasteiger partial charge in [0.1, 0.15) is 0 Å². The molecule has 6 nitrogen and oxygen atoms in total. The van der Waals surface area contributed by atoms with Crippen molar-refractivity contribution in [3.8, 4) is 0 Å². The zero-order valence-electron chi connectivity index (χ0n) is 20.5. The van der Waals surface area contributed by atoms with Crippen molar-refractivity contribution in [3.05, 3.63) is 64.2 Å². The second kappa shape index (κ2) is 11.7. The minimum atomic E-state index is -4.33. The van der Waals surface area contributed by atoms with Gasteiger partial charge in [0.05, 0.1) is 18.7 Å². The molecule has 3 rings (SSSR count). The van der Waals surface area contributed by atoms with Gasteiger partial charge in [-0.2, -0.15) is 13.2 Å². The maximum Gasteiger partial charge on any atom is 0.416 e. The van der Waals surface area contributed by atoms with E-state index in [0.717, 1.165) is 59.6 Å². The van der Waals surface area contributed by atoms with Crippen LogP contribution in [-0.4, -0.2) is 60.9 Å². The number of hydrogen-bond acceptors (Lipinski definition) is 4. The van der Waals surface area contributed by atoms with Crippen molar-refractivity contribution in [1.82, 2.24) is 15.1 Å². The molecule has 0 saturated carbocycles. The molecule has 2 aromatic carbocycles. The molecule has 0 aromatic heterocycles. The van der Waals surface area contributed by atoms with Crippen LogP contribution >= 0.6 is 0 Å². The summed E-state index contributed by atoms with van der Waals surface area (Å²) in [6, 6.07) is 9.26. The Bertz CT molecular complexity index is 1010. The van der Waals surface area contributed by atoms with Gasteiger partial charge in [-0.3, -0.25) is 19.4 Å². The summed E-state index contributed by atoms with van der Waals surface area (Å²) in [6.07, 6.45) is -3.48. The molecule has 1 fully saturated rings. The van der Waals surface area contributed by atoms with Crippen LogP contribution in [0.15, 0.2) is 36.4 Å². The highest BCUT2D eigenvalue weighted by Crippen LogP contribution is 2.29. The molecule has 2 aromatic rings. The normalized spacial score (nSPS) is 15.5. The summed E-state index contributed by atoms with van der Waals surface area (Å²) in [4.78, 5) is 29.0. The number of carbonyl (C=O) groups excluding carboxylic acids is 2. The first-order valence-electron chi connectivity index (χ1n) is 11.8. The van der Waals surface area contributed by atoms with E-state index in [2.05, 4.69) is 15.5 Å². The third-order valence-electron chi connectivity index (χ3n) is 6.12. The summed E-state index contributed by atoms with van der Waals surface area (Å²) in [7, 11) is 0. The zero-order chi connectivity index (χ0) is 25.6. The molecule has 1 saturated heterocycles. The van der Waals surface area contributed by atoms with E-state index in [0.29, 0.717) is 19.6 Å². The molecule has 190 valence electrons. The minimum absolute atomic E-state index is 0.0977. The van der Waals surface area contributed by atoms with Crippen molar-refractivity contribution in [2.75, 3.05) is 44.6 Å². The number of amides is 2. The van der Waals surface area contributed by atoms with Crippen molar-refractivity contribution < 1.29 is 22.8 Å². The molecular formula is C26H33F3N4O2. The number of aryl methyl sites for hydroxylation is 3. The molecule has 1 aliphatic rings. The van der Waals surface area contributed by atoms with Gasteiger partial charge in [-0.1, -0.05) is 29.8 Å². The van der Waals surface area contributed by atoms with E-state index < -0.39 is 11.7 Å². The van der Waals surface area contributed by atoms with E-state index >= 15 is 0 Å². The SMILES string of the molecule is Cc1cc(C)c(NC(=O)CNC(=O)CN2CCCN(Cc3ccc(C(F)(F)F)cc3)CC2)c(C)c1. The second-order valence-electron chi connectivity index (χ2n) is 9.20. The summed E-state index contributed by atoms with van der Waals surface area (Å²) in [5.74, 6) is -0.485. The minimum Gasteiger partial charge on any atom is -0.346 e. The Morgan fingerprint density at radius 2 is 1.49 bits per heavy atom. The van der Waals surface area contributed by atoms with Crippen molar-refractivity contribution in [2.24, 2.45) is 0 Å². The Labute approximate surface area is 204 Å². The van der Waals surface area contributed by atoms with Gasteiger partial charge in [0.2, 0.25) is 11.8 Å². The molecule has 35 heavy (non-hydrogen) atoms. The number of nitrogens with zero attached hydrogens (tertiary/aromatic N) is 2. The predicted octanol–water partition coefficient (Wildman–Crippen LogP) is 3.89. The van der Waals surface area contributed by atoms with Crippen molar-refractivity contribution in [1.29, 1.82) is 0 Å². The summed E-state index contributed by atoms with van der Waals surface area (Å²) in [5.41, 5.74) is 4.04. The molecule has 0 bridgehead atoms. The first kappa shape index (κ1) is 26.7. The average molecular weight is 491 g/mol. The third-order valence-corrected chi connectivity index (χ3v) is 6.12. The number of halogens is 3. The molecule has 0 radical (unpaired) electrons. The van der Waals surface area contributed by atoms with Crippen LogP contribution in [0.4, 0.5) is 18.9 Å². The average Bonchev–Trinajstić information content (AvgIpc) is 2.99. The van der Waals surface area contributed by atoms with Gasteiger partial charge in [-0.15, -0.1) is 0 Å². The van der Waals surface area contributed by atoms with E-state index in [9.17, 15) is 22.8 Å². The van der Waals surface area contributed by atoms with Crippen molar-refractivity contribution in [3.63, 3.8) is 0 Å². The monoisotopic (exact) mass is 490 g/mol. The first-order chi connectivity index (χ1) is 16.5. The topological polar surface area (TPSA) is 64.7 Å². The highest BCUT2D eigenvalue weighted by Gasteiger charge is 2.30. The molecule has 1 aliphatic heterocycles. The fourth-order valence-corrected chi connectivity index (χ4v) is 4.40. The van der Waals surface area contributed by atoms with Crippen LogP contribution in [0.3, 0.4) is 0 Å². The maximum atomic E-state index is 12.8. The van der Waals surface area contributed by atoms with Crippen molar-refractivity contribution in [2.45, 2.75) is 39.9 Å². The number of rotatable bonds is 7. The van der Waals surface area contributed by atoms with Gasteiger partial charge in [0, 0.05) is 25.3 Å². The first-order valence-corrected chi connectivity index (χ1v) is 11.8. The summed E-state index contributed by atoms with van der Waals surface area (Å²) >= 11 is 0. The van der Waals surface area contributed by atoms with Crippen LogP contribution in [0.2, 0.25) is 0 Å². The van der Waals surface area contributed by atoms with Gasteiger partial charge in [0.25, 0.3) is 0 Å². The number of carbonyl (C=O) groups is 2. The lowest BCUT2D eigenvalue weighted by atomic mass is 10.1. The van der Waals surface area contributed by atoms with Crippen LogP contribution in [-0.2, 0) is 22.3 Å². The summed E-state index contributed by atoms with van der Waals surface area (Å²) in [6.45, 7) is 9.47. The lowest BCUT2D eigenvalue weighted by Gasteiger charge is -2.21. The number of hydrogen-bond donors (Lipinski definition) is 2. The van der Waals surface area contributed by atoms with E-state index in [4.69, 9.17) is 0 Å². The quantitative estimate of drug-likeness (QED) is 0.618. The highest BCUT2D eigenvalue weighted by atomic mass is 19.4. The molecule has 0 aliphatic carbocycles. The Balaban J connectivity index is 1.42. The van der Waals surface area contributed by atoms with E-state index in [1.54, 1.807) is 0 Å². The lowest BCUT2D eigenvalue weighted by Crippen LogP contribution is -2.41. The lowest BCUT2D eigenvalue weighted by molar-refractivity contribution is -0.137. The molecule has 9 heteroatoms. The standard InChI is InChI=1S/C26H33F3N4O2/c1-18-13-19(2)25(20(3)14-18)31-23(34)15-30-24(35)17-33-10-4-9-32(11-12-33)16-21-5-7-22(8-6-21)26(27,28)29/h5-8,13-14H,4,9-12,15-17H2,1-3H3,(H,30,35)(H,31,34). The van der Waals surface area contributed by atoms with Crippen LogP contribution < -0.4 is 10.6 Å². The second-order valence-corrected chi connectivity index (χ2v) is 9.20. The summed E-state index contributed by atoms with van der Waals surface area (Å²) < 4.78 is 38.3. The maximum absolute atomic E-state index is 12.8. The molecule has 0 spiro atoms. The number of anilines is 1. The van der Waals surface area contributed by atoms with E-state index in [1.807, 2.05) is 37.8 Å². The van der Waals surface area contributed by atoms with E-state index in [1.165, 1.54) is 12.1 Å². The van der Waals surface area contributed by atoms with Crippen LogP contribution in [0.1, 0.15) is 34.2 Å². The molecule has 2 amide bonds. The molecule has 2 N–H and O–H groups in total. The highest BCUT2D eigenvalue weighted by molar-refractivity contribution is 5.96. The summed E-state index contributed by atoms with van der Waals surface area (Å²) in [5, 5.41) is 5.57. The number of benzene rings is 2. The molecule has 0 atom stereocenters. The Hall–Kier alpha value is -2.91. The van der Waals surface area contributed by atoms with Gasteiger partial charge in [0.15, 0.2) is 0 Å². The Kier molecular flexibility index (Phi) is 8.91. The third kappa shape index (κ3) is 8.07. The van der Waals surface area contributed by atoms with Crippen LogP contribution in [0.5, 0.6) is 0 Å². The van der Waals surface area contributed by atoms with Crippen LogP contribution in [0, 0.1) is 20.8 Å². The van der Waals surface area contributed by atoms with E-state index in [-0.39, 0.29) is 24.9 Å². The number of nitrogens with one attached hydrogen (secondary N) is 2. The largest absolute Gasteiger partial charge is 0.416 e. The van der Waals surface area contributed by atoms with Crippen LogP contribution in [0.25, 0.3) is 0 Å². The molecular weight excluding hydrogens is 457 g/mol. The predicted molar refractivity (Wildman–Crippen MR) is 130 cm³/mol. The van der Waals surface area contributed by atoms with Gasteiger partial charge in [-0.05, 0) is 69.1 Å². The molecule has 1 heterocycles. The fraction of sp³-hybridized carbons (Fsp3) is 0.462. The molecule has 0 unspecified atom stereocenters. The van der Waals surface area contributed by atoms with Gasteiger partial charge < -0.3 is 10.6 Å².